The van der Waals surface area contributed by atoms with Crippen molar-refractivity contribution in [3.05, 3.63) is 71.0 Å². The van der Waals surface area contributed by atoms with Crippen LogP contribution in [0.25, 0.3) is 0 Å². The number of aryl methyl sites for hydroxylation is 2. The van der Waals surface area contributed by atoms with E-state index in [0.717, 1.165) is 37.1 Å². The van der Waals surface area contributed by atoms with E-state index in [1.54, 1.807) is 24.3 Å². The minimum absolute atomic E-state index is 0.165. The highest BCUT2D eigenvalue weighted by Gasteiger charge is 2.31. The molecule has 4 rings (SSSR count). The highest BCUT2D eigenvalue weighted by atomic mass is 32.2. The van der Waals surface area contributed by atoms with E-state index in [1.165, 1.54) is 10.2 Å². The fourth-order valence-corrected chi connectivity index (χ4v) is 4.96. The summed E-state index contributed by atoms with van der Waals surface area (Å²) in [5, 5.41) is 12.1. The molecule has 0 spiro atoms. The van der Waals surface area contributed by atoms with Gasteiger partial charge in [-0.25, -0.2) is 13.1 Å². The molecular weight excluding hydrogens is 386 g/mol. The van der Waals surface area contributed by atoms with E-state index in [2.05, 4.69) is 44.7 Å². The van der Waals surface area contributed by atoms with Crippen molar-refractivity contribution < 1.29 is 8.42 Å². The highest BCUT2D eigenvalue weighted by Crippen LogP contribution is 2.30. The number of nitrogens with zero attached hydrogens (tertiary/aromatic N) is 5. The first-order valence-corrected chi connectivity index (χ1v) is 11.5. The minimum atomic E-state index is -3.57. The predicted octanol–water partition coefficient (Wildman–Crippen LogP) is 2.91. The van der Waals surface area contributed by atoms with E-state index in [1.807, 2.05) is 13.8 Å². The molecule has 0 saturated carbocycles. The lowest BCUT2D eigenvalue weighted by Gasteiger charge is -2.27. The summed E-state index contributed by atoms with van der Waals surface area (Å²) < 4.78 is 27.3. The quantitative estimate of drug-likeness (QED) is 0.620. The van der Waals surface area contributed by atoms with Crippen LogP contribution in [0, 0.1) is 13.8 Å². The first kappa shape index (κ1) is 19.7. The molecule has 1 atom stereocenters. The van der Waals surface area contributed by atoms with Crippen LogP contribution in [0.3, 0.4) is 0 Å². The van der Waals surface area contributed by atoms with E-state index in [4.69, 9.17) is 0 Å². The summed E-state index contributed by atoms with van der Waals surface area (Å²) in [5.74, 6) is 0.278. The van der Waals surface area contributed by atoms with Crippen molar-refractivity contribution in [2.45, 2.75) is 43.5 Å². The predicted molar refractivity (Wildman–Crippen MR) is 110 cm³/mol. The van der Waals surface area contributed by atoms with Gasteiger partial charge in [0.2, 0.25) is 0 Å². The lowest BCUT2D eigenvalue weighted by atomic mass is 10.0. The Morgan fingerprint density at radius 3 is 2.14 bits per heavy atom. The molecule has 1 aliphatic rings. The van der Waals surface area contributed by atoms with Gasteiger partial charge in [-0.2, -0.15) is 0 Å². The number of tetrazole rings is 1. The summed E-state index contributed by atoms with van der Waals surface area (Å²) in [5.41, 5.74) is 3.26. The van der Waals surface area contributed by atoms with Crippen LogP contribution in [0.4, 0.5) is 0 Å². The molecule has 1 saturated heterocycles. The maximum atomic E-state index is 13.0. The third-order valence-electron chi connectivity index (χ3n) is 5.38. The summed E-state index contributed by atoms with van der Waals surface area (Å²) >= 11 is 0. The van der Waals surface area contributed by atoms with Gasteiger partial charge in [0.25, 0.3) is 0 Å². The molecule has 0 unspecified atom stereocenters. The van der Waals surface area contributed by atoms with Crippen LogP contribution in [0.5, 0.6) is 0 Å². The summed E-state index contributed by atoms with van der Waals surface area (Å²) in [6.45, 7) is 5.86. The molecule has 3 aromatic rings. The van der Waals surface area contributed by atoms with E-state index in [9.17, 15) is 8.42 Å². The van der Waals surface area contributed by atoms with Gasteiger partial charge >= 0.3 is 0 Å². The van der Waals surface area contributed by atoms with E-state index in [0.29, 0.717) is 5.82 Å². The van der Waals surface area contributed by atoms with Crippen molar-refractivity contribution in [3.8, 4) is 0 Å². The Morgan fingerprint density at radius 2 is 1.52 bits per heavy atom. The Bertz CT molecular complexity index is 1070. The van der Waals surface area contributed by atoms with Crippen LogP contribution in [0.2, 0.25) is 0 Å². The van der Waals surface area contributed by atoms with Crippen LogP contribution in [-0.2, 0) is 15.7 Å². The van der Waals surface area contributed by atoms with Crippen LogP contribution in [0.1, 0.15) is 41.4 Å². The van der Waals surface area contributed by atoms with E-state index < -0.39 is 9.84 Å². The summed E-state index contributed by atoms with van der Waals surface area (Å²) in [6.07, 6.45) is 2.23. The second kappa shape index (κ2) is 8.04. The molecule has 29 heavy (non-hydrogen) atoms. The smallest absolute Gasteiger partial charge is 0.198 e. The van der Waals surface area contributed by atoms with Gasteiger partial charge in [-0.1, -0.05) is 47.5 Å². The number of sulfone groups is 1. The van der Waals surface area contributed by atoms with Crippen LogP contribution < -0.4 is 0 Å². The number of hydrogen-bond donors (Lipinski definition) is 0. The molecule has 1 fully saturated rings. The molecule has 0 bridgehead atoms. The van der Waals surface area contributed by atoms with Crippen LogP contribution in [-0.4, -0.2) is 46.6 Å². The Hall–Kier alpha value is -2.58. The second-order valence-corrected chi connectivity index (χ2v) is 9.61. The molecule has 1 aromatic heterocycles. The summed E-state index contributed by atoms with van der Waals surface area (Å²) in [4.78, 5) is 2.60. The molecule has 152 valence electrons. The lowest BCUT2D eigenvalue weighted by Crippen LogP contribution is -2.30. The molecule has 0 radical (unpaired) electrons. The molecule has 0 aliphatic carbocycles. The maximum Gasteiger partial charge on any atom is 0.198 e. The van der Waals surface area contributed by atoms with Gasteiger partial charge < -0.3 is 0 Å². The average molecular weight is 412 g/mol. The third kappa shape index (κ3) is 4.23. The van der Waals surface area contributed by atoms with Crippen molar-refractivity contribution in [2.24, 2.45) is 0 Å². The zero-order valence-corrected chi connectivity index (χ0v) is 17.5. The maximum absolute atomic E-state index is 13.0. The van der Waals surface area contributed by atoms with Crippen molar-refractivity contribution in [2.75, 3.05) is 13.1 Å². The number of rotatable bonds is 6. The minimum Gasteiger partial charge on any atom is -0.290 e. The van der Waals surface area contributed by atoms with Gasteiger partial charge in [-0.15, -0.1) is 5.10 Å². The fourth-order valence-electron chi connectivity index (χ4n) is 3.75. The SMILES string of the molecule is Cc1ccc([C@@H](c2nnnn2CS(=O)(=O)c2ccc(C)cc2)N2CCCC2)cc1. The molecule has 0 N–H and O–H groups in total. The van der Waals surface area contributed by atoms with Crippen molar-refractivity contribution in [1.29, 1.82) is 0 Å². The van der Waals surface area contributed by atoms with Crippen LogP contribution in [0.15, 0.2) is 53.4 Å². The zero-order valence-electron chi connectivity index (χ0n) is 16.7. The second-order valence-electron chi connectivity index (χ2n) is 7.65. The zero-order chi connectivity index (χ0) is 20.4. The highest BCUT2D eigenvalue weighted by molar-refractivity contribution is 7.90. The van der Waals surface area contributed by atoms with E-state index >= 15 is 0 Å². The number of benzene rings is 2. The van der Waals surface area contributed by atoms with E-state index in [-0.39, 0.29) is 16.8 Å². The van der Waals surface area contributed by atoms with Crippen molar-refractivity contribution in [1.82, 2.24) is 25.1 Å². The largest absolute Gasteiger partial charge is 0.290 e. The molecule has 1 aliphatic heterocycles. The Kier molecular flexibility index (Phi) is 5.47. The van der Waals surface area contributed by atoms with Gasteiger partial charge in [0, 0.05) is 0 Å². The fraction of sp³-hybridized carbons (Fsp3) is 0.381. The van der Waals surface area contributed by atoms with Gasteiger partial charge in [-0.3, -0.25) is 4.90 Å². The Morgan fingerprint density at radius 1 is 0.931 bits per heavy atom. The molecule has 8 heteroatoms. The van der Waals surface area contributed by atoms with Crippen LogP contribution >= 0.6 is 0 Å². The molecular formula is C21H25N5O2S. The average Bonchev–Trinajstić information content (AvgIpc) is 3.37. The van der Waals surface area contributed by atoms with Gasteiger partial charge in [0.05, 0.1) is 10.9 Å². The third-order valence-corrected chi connectivity index (χ3v) is 6.95. The summed E-state index contributed by atoms with van der Waals surface area (Å²) in [6, 6.07) is 15.0. The van der Waals surface area contributed by atoms with Gasteiger partial charge in [0.1, 0.15) is 0 Å². The van der Waals surface area contributed by atoms with Gasteiger partial charge in [-0.05, 0) is 67.9 Å². The number of aromatic nitrogens is 4. The monoisotopic (exact) mass is 411 g/mol. The Labute approximate surface area is 171 Å². The van der Waals surface area contributed by atoms with Gasteiger partial charge in [0.15, 0.2) is 21.5 Å². The molecule has 2 heterocycles. The lowest BCUT2D eigenvalue weighted by molar-refractivity contribution is 0.265. The topological polar surface area (TPSA) is 81.0 Å². The standard InChI is InChI=1S/C21H25N5O2S/c1-16-5-9-18(10-6-16)20(25-13-3-4-14-25)21-22-23-24-26(21)15-29(27,28)19-11-7-17(2)8-12-19/h5-12,20H,3-4,13-15H2,1-2H3/t20-/m0/s1. The normalized spacial score (nSPS) is 16.2. The molecule has 0 amide bonds. The first-order chi connectivity index (χ1) is 13.9. The van der Waals surface area contributed by atoms with Crippen molar-refractivity contribution >= 4 is 9.84 Å². The molecule has 2 aromatic carbocycles. The molecule has 7 nitrogen and oxygen atoms in total. The Balaban J connectivity index is 1.70. The first-order valence-electron chi connectivity index (χ1n) is 9.80. The van der Waals surface area contributed by atoms with Crippen molar-refractivity contribution in [3.63, 3.8) is 0 Å². The number of likely N-dealkylation sites (tertiary alicyclic amines) is 1. The number of hydrogen-bond acceptors (Lipinski definition) is 6. The summed E-state index contributed by atoms with van der Waals surface area (Å²) in [7, 11) is -3.57.